The highest BCUT2D eigenvalue weighted by Gasteiger charge is 2.47. The number of aliphatic hydroxyl groups is 1. The van der Waals surface area contributed by atoms with Crippen LogP contribution in [-0.2, 0) is 4.79 Å². The Morgan fingerprint density at radius 3 is 2.89 bits per heavy atom. The van der Waals surface area contributed by atoms with Crippen LogP contribution in [0.1, 0.15) is 25.7 Å². The number of fused-ring (bicyclic) bond motifs is 6. The molecule has 2 bridgehead atoms. The molecule has 4 rings (SSSR count). The average molecular weight is 262 g/mol. The SMILES string of the molecule is O=C1C=CN2C[C@@H]3C[C@H](CN4CC[C@H](O)CC34)C2C1. The van der Waals surface area contributed by atoms with Crippen LogP contribution < -0.4 is 0 Å². The van der Waals surface area contributed by atoms with Crippen molar-refractivity contribution in [2.24, 2.45) is 11.8 Å². The zero-order chi connectivity index (χ0) is 13.0. The summed E-state index contributed by atoms with van der Waals surface area (Å²) in [6.45, 7) is 3.23. The van der Waals surface area contributed by atoms with Gasteiger partial charge in [-0.15, -0.1) is 0 Å². The molecule has 4 heteroatoms. The number of aliphatic hydroxyl groups excluding tert-OH is 1. The molecule has 0 aromatic rings. The predicted octanol–water partition coefficient (Wildman–Crippen LogP) is 0.618. The average Bonchev–Trinajstić information content (AvgIpc) is 2.41. The lowest BCUT2D eigenvalue weighted by Crippen LogP contribution is -2.63. The summed E-state index contributed by atoms with van der Waals surface area (Å²) in [4.78, 5) is 16.6. The summed E-state index contributed by atoms with van der Waals surface area (Å²) in [7, 11) is 0. The minimum atomic E-state index is -0.103. The maximum Gasteiger partial charge on any atom is 0.159 e. The summed E-state index contributed by atoms with van der Waals surface area (Å²) in [6.07, 6.45) is 7.47. The normalized spacial score (nSPS) is 45.8. The van der Waals surface area contributed by atoms with E-state index in [0.717, 1.165) is 32.5 Å². The first-order valence-electron chi connectivity index (χ1n) is 7.59. The van der Waals surface area contributed by atoms with Gasteiger partial charge in [0.2, 0.25) is 0 Å². The van der Waals surface area contributed by atoms with Crippen molar-refractivity contribution in [3.05, 3.63) is 12.3 Å². The second-order valence-electron chi connectivity index (χ2n) is 6.75. The maximum absolute atomic E-state index is 11.6. The van der Waals surface area contributed by atoms with Crippen molar-refractivity contribution >= 4 is 5.78 Å². The number of hydrogen-bond donors (Lipinski definition) is 1. The van der Waals surface area contributed by atoms with E-state index < -0.39 is 0 Å². The van der Waals surface area contributed by atoms with E-state index in [1.54, 1.807) is 6.08 Å². The second-order valence-corrected chi connectivity index (χ2v) is 6.75. The van der Waals surface area contributed by atoms with Crippen molar-refractivity contribution in [2.45, 2.75) is 43.9 Å². The van der Waals surface area contributed by atoms with Crippen LogP contribution in [0.25, 0.3) is 0 Å². The Hall–Kier alpha value is -0.870. The fraction of sp³-hybridized carbons (Fsp3) is 0.800. The molecule has 4 heterocycles. The van der Waals surface area contributed by atoms with Crippen LogP contribution in [0.3, 0.4) is 0 Å². The molecule has 0 radical (unpaired) electrons. The third kappa shape index (κ3) is 1.93. The van der Waals surface area contributed by atoms with E-state index in [1.807, 2.05) is 6.20 Å². The molecule has 4 nitrogen and oxygen atoms in total. The first kappa shape index (κ1) is 11.9. The summed E-state index contributed by atoms with van der Waals surface area (Å²) < 4.78 is 0. The highest BCUT2D eigenvalue weighted by Crippen LogP contribution is 2.42. The quantitative estimate of drug-likeness (QED) is 0.695. The molecule has 3 saturated heterocycles. The Kier molecular flexibility index (Phi) is 2.71. The molecule has 2 unspecified atom stereocenters. The van der Waals surface area contributed by atoms with Crippen LogP contribution in [0.5, 0.6) is 0 Å². The van der Waals surface area contributed by atoms with E-state index in [9.17, 15) is 9.90 Å². The minimum absolute atomic E-state index is 0.103. The van der Waals surface area contributed by atoms with E-state index in [4.69, 9.17) is 0 Å². The largest absolute Gasteiger partial charge is 0.393 e. The van der Waals surface area contributed by atoms with E-state index in [-0.39, 0.29) is 11.9 Å². The molecule has 0 aliphatic carbocycles. The molecule has 4 aliphatic rings. The van der Waals surface area contributed by atoms with Crippen LogP contribution >= 0.6 is 0 Å². The van der Waals surface area contributed by atoms with Crippen molar-refractivity contribution in [3.63, 3.8) is 0 Å². The van der Waals surface area contributed by atoms with Crippen molar-refractivity contribution in [3.8, 4) is 0 Å². The Morgan fingerprint density at radius 2 is 2.00 bits per heavy atom. The van der Waals surface area contributed by atoms with Crippen molar-refractivity contribution in [2.75, 3.05) is 19.6 Å². The van der Waals surface area contributed by atoms with Gasteiger partial charge < -0.3 is 10.0 Å². The molecular weight excluding hydrogens is 240 g/mol. The Bertz CT molecular complexity index is 422. The lowest BCUT2D eigenvalue weighted by Gasteiger charge is -2.56. The molecule has 0 aromatic heterocycles. The number of carbonyl (C=O) groups excluding carboxylic acids is 1. The molecule has 0 amide bonds. The Labute approximate surface area is 114 Å². The van der Waals surface area contributed by atoms with Crippen molar-refractivity contribution in [1.82, 2.24) is 9.80 Å². The van der Waals surface area contributed by atoms with Gasteiger partial charge in [-0.2, -0.15) is 0 Å². The minimum Gasteiger partial charge on any atom is -0.393 e. The molecule has 1 N–H and O–H groups in total. The van der Waals surface area contributed by atoms with E-state index in [2.05, 4.69) is 9.80 Å². The smallest absolute Gasteiger partial charge is 0.159 e. The first-order chi connectivity index (χ1) is 9.20. The lowest BCUT2D eigenvalue weighted by molar-refractivity contribution is -0.120. The van der Waals surface area contributed by atoms with Gasteiger partial charge in [-0.25, -0.2) is 0 Å². The summed E-state index contributed by atoms with van der Waals surface area (Å²) in [5.41, 5.74) is 0. The zero-order valence-corrected chi connectivity index (χ0v) is 11.2. The van der Waals surface area contributed by atoms with Crippen molar-refractivity contribution < 1.29 is 9.90 Å². The second kappa shape index (κ2) is 4.32. The summed E-state index contributed by atoms with van der Waals surface area (Å²) in [5, 5.41) is 9.91. The number of rotatable bonds is 0. The number of nitrogens with zero attached hydrogens (tertiary/aromatic N) is 2. The molecule has 5 atom stereocenters. The van der Waals surface area contributed by atoms with Crippen LogP contribution in [0.4, 0.5) is 0 Å². The molecular formula is C15H22N2O2. The summed E-state index contributed by atoms with van der Waals surface area (Å²) in [5.74, 6) is 1.60. The van der Waals surface area contributed by atoms with Gasteiger partial charge in [0, 0.05) is 44.3 Å². The fourth-order valence-electron chi connectivity index (χ4n) is 4.73. The Balaban J connectivity index is 1.59. The summed E-state index contributed by atoms with van der Waals surface area (Å²) >= 11 is 0. The lowest BCUT2D eigenvalue weighted by atomic mass is 9.71. The zero-order valence-electron chi connectivity index (χ0n) is 11.2. The van der Waals surface area contributed by atoms with Gasteiger partial charge in [0.25, 0.3) is 0 Å². The van der Waals surface area contributed by atoms with E-state index in [1.165, 1.54) is 6.42 Å². The van der Waals surface area contributed by atoms with Gasteiger partial charge in [-0.3, -0.25) is 9.69 Å². The predicted molar refractivity (Wildman–Crippen MR) is 71.5 cm³/mol. The third-order valence-corrected chi connectivity index (χ3v) is 5.63. The van der Waals surface area contributed by atoms with Gasteiger partial charge in [-0.1, -0.05) is 0 Å². The first-order valence-corrected chi connectivity index (χ1v) is 7.59. The van der Waals surface area contributed by atoms with Crippen LogP contribution in [0, 0.1) is 11.8 Å². The summed E-state index contributed by atoms with van der Waals surface area (Å²) in [6, 6.07) is 0.994. The third-order valence-electron chi connectivity index (χ3n) is 5.63. The van der Waals surface area contributed by atoms with Gasteiger partial charge >= 0.3 is 0 Å². The monoisotopic (exact) mass is 262 g/mol. The topological polar surface area (TPSA) is 43.8 Å². The van der Waals surface area contributed by atoms with Crippen LogP contribution in [-0.4, -0.2) is 58.5 Å². The number of allylic oxidation sites excluding steroid dienone is 1. The van der Waals surface area contributed by atoms with Crippen LogP contribution in [0.2, 0.25) is 0 Å². The Morgan fingerprint density at radius 1 is 1.16 bits per heavy atom. The van der Waals surface area contributed by atoms with E-state index >= 15 is 0 Å². The molecule has 19 heavy (non-hydrogen) atoms. The van der Waals surface area contributed by atoms with Gasteiger partial charge in [0.1, 0.15) is 0 Å². The maximum atomic E-state index is 11.6. The van der Waals surface area contributed by atoms with Crippen molar-refractivity contribution in [1.29, 1.82) is 0 Å². The van der Waals surface area contributed by atoms with Gasteiger partial charge in [0.05, 0.1) is 6.10 Å². The van der Waals surface area contributed by atoms with Gasteiger partial charge in [0.15, 0.2) is 5.78 Å². The highest BCUT2D eigenvalue weighted by atomic mass is 16.3. The molecule has 0 aromatic carbocycles. The number of ketones is 1. The number of hydrogen-bond acceptors (Lipinski definition) is 4. The molecule has 3 fully saturated rings. The number of carbonyl (C=O) groups is 1. The highest BCUT2D eigenvalue weighted by molar-refractivity contribution is 5.90. The molecule has 104 valence electrons. The standard InChI is InChI=1S/C15H22N2O2/c18-12-1-3-16-8-10-5-11(14(16)6-12)9-17-4-2-13(19)7-15(10)17/h1,3,10-11,13-15,19H,2,4-9H2/t10-,11+,13-,14?,15?/m0/s1. The van der Waals surface area contributed by atoms with E-state index in [0.29, 0.717) is 30.3 Å². The molecule has 0 saturated carbocycles. The van der Waals surface area contributed by atoms with Gasteiger partial charge in [-0.05, 0) is 37.2 Å². The number of piperidine rings is 3. The fourth-order valence-corrected chi connectivity index (χ4v) is 4.73. The molecule has 4 aliphatic heterocycles. The van der Waals surface area contributed by atoms with Crippen LogP contribution in [0.15, 0.2) is 12.3 Å². The molecule has 0 spiro atoms.